The topological polar surface area (TPSA) is 107 Å². The van der Waals surface area contributed by atoms with E-state index in [1.165, 1.54) is 0 Å². The van der Waals surface area contributed by atoms with Crippen molar-refractivity contribution in [3.05, 3.63) is 65.9 Å². The first-order valence-corrected chi connectivity index (χ1v) is 13.8. The van der Waals surface area contributed by atoms with Crippen LogP contribution in [0.3, 0.4) is 0 Å². The molecule has 2 aliphatic rings. The molecular formula is C30H35N7O3. The van der Waals surface area contributed by atoms with E-state index in [1.807, 2.05) is 66.0 Å². The number of aryl methyl sites for hydroxylation is 1. The highest BCUT2D eigenvalue weighted by molar-refractivity contribution is 5.96. The molecule has 0 spiro atoms. The van der Waals surface area contributed by atoms with Crippen molar-refractivity contribution in [1.29, 1.82) is 0 Å². The fourth-order valence-corrected chi connectivity index (χ4v) is 5.06. The van der Waals surface area contributed by atoms with Crippen molar-refractivity contribution in [2.45, 2.75) is 25.8 Å². The fourth-order valence-electron chi connectivity index (χ4n) is 5.06. The van der Waals surface area contributed by atoms with Gasteiger partial charge in [-0.05, 0) is 49.6 Å². The number of fused-ring (bicyclic) bond motifs is 1. The normalized spacial score (nSPS) is 15.8. The van der Waals surface area contributed by atoms with Gasteiger partial charge in [0.25, 0.3) is 5.91 Å². The predicted molar refractivity (Wildman–Crippen MR) is 156 cm³/mol. The number of aromatic nitrogens is 3. The second-order valence-corrected chi connectivity index (χ2v) is 10.5. The number of para-hydroxylation sites is 2. The second kappa shape index (κ2) is 11.1. The van der Waals surface area contributed by atoms with Crippen LogP contribution < -0.4 is 15.5 Å². The highest BCUT2D eigenvalue weighted by Gasteiger charge is 2.25. The molecule has 2 fully saturated rings. The van der Waals surface area contributed by atoms with Gasteiger partial charge < -0.3 is 25.4 Å². The molecule has 2 aromatic carbocycles. The molecule has 40 heavy (non-hydrogen) atoms. The number of morpholine rings is 1. The number of amides is 1. The first kappa shape index (κ1) is 26.1. The van der Waals surface area contributed by atoms with Crippen LogP contribution >= 0.6 is 0 Å². The second-order valence-electron chi connectivity index (χ2n) is 10.5. The lowest BCUT2D eigenvalue weighted by molar-refractivity contribution is 0.0398. The minimum atomic E-state index is -0.0267. The van der Waals surface area contributed by atoms with Crippen molar-refractivity contribution in [3.8, 4) is 17.0 Å². The molecule has 1 saturated carbocycles. The lowest BCUT2D eigenvalue weighted by atomic mass is 10.0. The smallest absolute Gasteiger partial charge is 0.251 e. The molecule has 208 valence electrons. The monoisotopic (exact) mass is 541 g/mol. The minimum absolute atomic E-state index is 0.0267. The molecule has 1 saturated heterocycles. The molecule has 1 aliphatic heterocycles. The molecule has 6 rings (SSSR count). The maximum atomic E-state index is 12.7. The zero-order valence-corrected chi connectivity index (χ0v) is 22.9. The van der Waals surface area contributed by atoms with Crippen LogP contribution in [-0.2, 0) is 4.74 Å². The van der Waals surface area contributed by atoms with E-state index in [-0.39, 0.29) is 11.7 Å². The summed E-state index contributed by atoms with van der Waals surface area (Å²) in [5.74, 6) is 0.802. The number of benzene rings is 2. The van der Waals surface area contributed by atoms with Gasteiger partial charge in [0.15, 0.2) is 11.5 Å². The number of carbonyl (C=O) groups is 1. The Balaban J connectivity index is 1.35. The summed E-state index contributed by atoms with van der Waals surface area (Å²) in [5.41, 5.74) is 5.53. The molecule has 0 unspecified atom stereocenters. The van der Waals surface area contributed by atoms with Gasteiger partial charge in [-0.1, -0.05) is 18.2 Å². The highest BCUT2D eigenvalue weighted by Crippen LogP contribution is 2.34. The number of imidazole rings is 1. The number of aromatic hydroxyl groups is 1. The van der Waals surface area contributed by atoms with Crippen LogP contribution in [0, 0.1) is 6.92 Å². The number of hydrogen-bond donors (Lipinski definition) is 3. The van der Waals surface area contributed by atoms with Crippen molar-refractivity contribution < 1.29 is 14.6 Å². The molecule has 1 amide bonds. The Morgan fingerprint density at radius 1 is 1.15 bits per heavy atom. The molecule has 0 radical (unpaired) electrons. The summed E-state index contributed by atoms with van der Waals surface area (Å²) in [4.78, 5) is 21.7. The number of rotatable bonds is 9. The van der Waals surface area contributed by atoms with Crippen LogP contribution in [0.5, 0.6) is 5.75 Å². The Bertz CT molecular complexity index is 1530. The zero-order valence-electron chi connectivity index (χ0n) is 22.9. The highest BCUT2D eigenvalue weighted by atomic mass is 16.5. The Hall–Kier alpha value is -4.15. The molecule has 10 nitrogen and oxygen atoms in total. The predicted octanol–water partition coefficient (Wildman–Crippen LogP) is 3.81. The van der Waals surface area contributed by atoms with Gasteiger partial charge in [-0.25, -0.2) is 9.50 Å². The Labute approximate surface area is 233 Å². The van der Waals surface area contributed by atoms with E-state index in [0.717, 1.165) is 74.7 Å². The summed E-state index contributed by atoms with van der Waals surface area (Å²) >= 11 is 0. The standard InChI is InChI=1S/C30H35N7O3/c1-20-17-21(7-10-23(20)30(39)33-22-8-9-22)26-19-32-29-24(31-11-12-36-13-15-40-16-14-36)18-28(34-37(26)29)35(2)25-5-3-4-6-27(25)38/h3-7,10,17-19,22,31,38H,8-9,11-16H2,1-2H3,(H,33,39). The van der Waals surface area contributed by atoms with Gasteiger partial charge in [-0.3, -0.25) is 9.69 Å². The SMILES string of the molecule is Cc1cc(-c2cnc3c(NCCN4CCOCC4)cc(N(C)c4ccccc4O)nn23)ccc1C(=O)NC1CC1. The van der Waals surface area contributed by atoms with Gasteiger partial charge in [0.2, 0.25) is 0 Å². The quantitative estimate of drug-likeness (QED) is 0.294. The van der Waals surface area contributed by atoms with Crippen molar-refractivity contribution in [2.24, 2.45) is 0 Å². The van der Waals surface area contributed by atoms with Crippen LogP contribution in [0.25, 0.3) is 16.9 Å². The molecular weight excluding hydrogens is 506 g/mol. The van der Waals surface area contributed by atoms with Crippen molar-refractivity contribution in [2.75, 3.05) is 56.7 Å². The molecule has 0 bridgehead atoms. The van der Waals surface area contributed by atoms with Gasteiger partial charge >= 0.3 is 0 Å². The van der Waals surface area contributed by atoms with E-state index in [1.54, 1.807) is 12.1 Å². The van der Waals surface area contributed by atoms with Crippen LogP contribution in [-0.4, -0.2) is 83.0 Å². The van der Waals surface area contributed by atoms with E-state index >= 15 is 0 Å². The number of carbonyl (C=O) groups excluding carboxylic acids is 1. The van der Waals surface area contributed by atoms with Gasteiger partial charge in [0.05, 0.1) is 36.5 Å². The molecule has 4 aromatic rings. The number of phenols is 1. The lowest BCUT2D eigenvalue weighted by Gasteiger charge is -2.26. The number of nitrogens with one attached hydrogen (secondary N) is 2. The number of anilines is 3. The van der Waals surface area contributed by atoms with E-state index in [9.17, 15) is 9.90 Å². The summed E-state index contributed by atoms with van der Waals surface area (Å²) in [6.45, 7) is 6.97. The van der Waals surface area contributed by atoms with E-state index in [4.69, 9.17) is 14.8 Å². The first-order valence-electron chi connectivity index (χ1n) is 13.8. The number of phenolic OH excluding ortho intramolecular Hbond substituents is 1. The Morgan fingerprint density at radius 2 is 1.95 bits per heavy atom. The number of ether oxygens (including phenoxy) is 1. The zero-order chi connectivity index (χ0) is 27.6. The van der Waals surface area contributed by atoms with Gasteiger partial charge in [0.1, 0.15) is 5.75 Å². The van der Waals surface area contributed by atoms with Crippen LogP contribution in [0.2, 0.25) is 0 Å². The largest absolute Gasteiger partial charge is 0.506 e. The Kier molecular flexibility index (Phi) is 7.27. The van der Waals surface area contributed by atoms with E-state index < -0.39 is 0 Å². The maximum absolute atomic E-state index is 12.7. The fraction of sp³-hybridized carbons (Fsp3) is 0.367. The molecule has 10 heteroatoms. The van der Waals surface area contributed by atoms with E-state index in [2.05, 4.69) is 15.5 Å². The molecule has 2 aromatic heterocycles. The molecule has 1 aliphatic carbocycles. The average molecular weight is 542 g/mol. The third kappa shape index (κ3) is 5.45. The van der Waals surface area contributed by atoms with Gasteiger partial charge in [0, 0.05) is 56.5 Å². The number of nitrogens with zero attached hydrogens (tertiary/aromatic N) is 5. The minimum Gasteiger partial charge on any atom is -0.506 e. The summed E-state index contributed by atoms with van der Waals surface area (Å²) in [5, 5.41) is 22.1. The van der Waals surface area contributed by atoms with Crippen molar-refractivity contribution >= 4 is 28.7 Å². The third-order valence-electron chi connectivity index (χ3n) is 7.57. The van der Waals surface area contributed by atoms with Crippen LogP contribution in [0.4, 0.5) is 17.2 Å². The van der Waals surface area contributed by atoms with Crippen LogP contribution in [0.1, 0.15) is 28.8 Å². The van der Waals surface area contributed by atoms with Crippen molar-refractivity contribution in [1.82, 2.24) is 24.8 Å². The van der Waals surface area contributed by atoms with Crippen LogP contribution in [0.15, 0.2) is 54.7 Å². The maximum Gasteiger partial charge on any atom is 0.251 e. The third-order valence-corrected chi connectivity index (χ3v) is 7.57. The van der Waals surface area contributed by atoms with E-state index in [0.29, 0.717) is 28.8 Å². The lowest BCUT2D eigenvalue weighted by Crippen LogP contribution is -2.39. The Morgan fingerprint density at radius 3 is 2.70 bits per heavy atom. The van der Waals surface area contributed by atoms with Gasteiger partial charge in [-0.2, -0.15) is 0 Å². The number of hydrogen-bond acceptors (Lipinski definition) is 8. The summed E-state index contributed by atoms with van der Waals surface area (Å²) in [6, 6.07) is 15.3. The van der Waals surface area contributed by atoms with Gasteiger partial charge in [-0.15, -0.1) is 5.10 Å². The summed E-state index contributed by atoms with van der Waals surface area (Å²) in [7, 11) is 1.88. The first-order chi connectivity index (χ1) is 19.5. The van der Waals surface area contributed by atoms with Crippen molar-refractivity contribution in [3.63, 3.8) is 0 Å². The summed E-state index contributed by atoms with van der Waals surface area (Å²) in [6.07, 6.45) is 3.92. The molecule has 0 atom stereocenters. The molecule has 3 heterocycles. The molecule has 3 N–H and O–H groups in total. The summed E-state index contributed by atoms with van der Waals surface area (Å²) < 4.78 is 7.31. The average Bonchev–Trinajstić information content (AvgIpc) is 3.67.